The summed E-state index contributed by atoms with van der Waals surface area (Å²) < 4.78 is 0. The fourth-order valence-electron chi connectivity index (χ4n) is 1.45. The van der Waals surface area contributed by atoms with Crippen LogP contribution in [-0.2, 0) is 0 Å². The smallest absolute Gasteiger partial charge is 0.174 e. The van der Waals surface area contributed by atoms with Crippen molar-refractivity contribution in [1.29, 1.82) is 0 Å². The monoisotopic (exact) mass is 211 g/mol. The number of carbonyl (C=O) groups excluding carboxylic acids is 1. The van der Waals surface area contributed by atoms with Gasteiger partial charge in [0.2, 0.25) is 0 Å². The lowest BCUT2D eigenvalue weighted by Crippen LogP contribution is -2.28. The molecule has 0 aliphatic heterocycles. The number of thiophene rings is 1. The Kier molecular flexibility index (Phi) is 4.29. The summed E-state index contributed by atoms with van der Waals surface area (Å²) in [5.41, 5.74) is 1.10. The maximum absolute atomic E-state index is 11.8. The Morgan fingerprint density at radius 3 is 2.86 bits per heavy atom. The predicted molar refractivity (Wildman–Crippen MR) is 61.1 cm³/mol. The number of aryl methyl sites for hydroxylation is 1. The van der Waals surface area contributed by atoms with E-state index in [0.717, 1.165) is 17.0 Å². The molecule has 1 unspecified atom stereocenters. The van der Waals surface area contributed by atoms with E-state index in [4.69, 9.17) is 0 Å². The molecule has 3 heteroatoms. The summed E-state index contributed by atoms with van der Waals surface area (Å²) in [5, 5.41) is 5.21. The van der Waals surface area contributed by atoms with Crippen LogP contribution >= 0.6 is 11.3 Å². The molecule has 0 aliphatic rings. The van der Waals surface area contributed by atoms with Crippen molar-refractivity contribution in [3.63, 3.8) is 0 Å². The predicted octanol–water partition coefficient (Wildman–Crippen LogP) is 2.63. The van der Waals surface area contributed by atoms with E-state index in [1.807, 2.05) is 25.3 Å². The molecule has 78 valence electrons. The minimum absolute atomic E-state index is 0.256. The normalized spacial score (nSPS) is 12.8. The largest absolute Gasteiger partial charge is 0.314 e. The van der Waals surface area contributed by atoms with E-state index >= 15 is 0 Å². The SMILES string of the molecule is CCNC(C)CC(=O)c1sccc1C. The fraction of sp³-hybridized carbons (Fsp3) is 0.545. The van der Waals surface area contributed by atoms with Gasteiger partial charge in [-0.05, 0) is 37.4 Å². The maximum Gasteiger partial charge on any atom is 0.174 e. The van der Waals surface area contributed by atoms with Crippen LogP contribution < -0.4 is 5.32 Å². The molecule has 1 rings (SSSR count). The third-order valence-corrected chi connectivity index (χ3v) is 3.22. The van der Waals surface area contributed by atoms with Gasteiger partial charge in [0.05, 0.1) is 4.88 Å². The summed E-state index contributed by atoms with van der Waals surface area (Å²) in [6.07, 6.45) is 0.592. The van der Waals surface area contributed by atoms with Gasteiger partial charge in [0.15, 0.2) is 5.78 Å². The van der Waals surface area contributed by atoms with Gasteiger partial charge in [0.25, 0.3) is 0 Å². The Morgan fingerprint density at radius 2 is 2.36 bits per heavy atom. The summed E-state index contributed by atoms with van der Waals surface area (Å²) >= 11 is 1.54. The van der Waals surface area contributed by atoms with Crippen LogP contribution in [0.5, 0.6) is 0 Å². The van der Waals surface area contributed by atoms with Crippen LogP contribution in [0, 0.1) is 6.92 Å². The van der Waals surface area contributed by atoms with E-state index in [1.54, 1.807) is 11.3 Å². The summed E-state index contributed by atoms with van der Waals surface area (Å²) in [6, 6.07) is 2.27. The second-order valence-corrected chi connectivity index (χ2v) is 4.43. The zero-order valence-corrected chi connectivity index (χ0v) is 9.78. The molecule has 0 saturated carbocycles. The van der Waals surface area contributed by atoms with Gasteiger partial charge in [-0.3, -0.25) is 4.79 Å². The second kappa shape index (κ2) is 5.27. The summed E-state index contributed by atoms with van der Waals surface area (Å²) in [5.74, 6) is 0.256. The van der Waals surface area contributed by atoms with Crippen LogP contribution in [0.2, 0.25) is 0 Å². The molecule has 0 radical (unpaired) electrons. The van der Waals surface area contributed by atoms with Crippen LogP contribution in [-0.4, -0.2) is 18.4 Å². The maximum atomic E-state index is 11.8. The van der Waals surface area contributed by atoms with Crippen LogP contribution in [0.15, 0.2) is 11.4 Å². The first kappa shape index (κ1) is 11.4. The van der Waals surface area contributed by atoms with Crippen LogP contribution in [0.3, 0.4) is 0 Å². The number of hydrogen-bond donors (Lipinski definition) is 1. The Balaban J connectivity index is 2.55. The van der Waals surface area contributed by atoms with Crippen LogP contribution in [0.4, 0.5) is 0 Å². The summed E-state index contributed by atoms with van der Waals surface area (Å²) in [4.78, 5) is 12.7. The first-order valence-corrected chi connectivity index (χ1v) is 5.83. The van der Waals surface area contributed by atoms with E-state index in [0.29, 0.717) is 6.42 Å². The summed E-state index contributed by atoms with van der Waals surface area (Å²) in [7, 11) is 0. The molecule has 0 amide bonds. The van der Waals surface area contributed by atoms with Crippen molar-refractivity contribution in [1.82, 2.24) is 5.32 Å². The number of ketones is 1. The topological polar surface area (TPSA) is 29.1 Å². The van der Waals surface area contributed by atoms with Gasteiger partial charge in [-0.2, -0.15) is 0 Å². The second-order valence-electron chi connectivity index (χ2n) is 3.52. The molecular weight excluding hydrogens is 194 g/mol. The van der Waals surface area contributed by atoms with Crippen molar-refractivity contribution >= 4 is 17.1 Å². The van der Waals surface area contributed by atoms with Gasteiger partial charge in [-0.15, -0.1) is 11.3 Å². The van der Waals surface area contributed by atoms with Crippen LogP contribution in [0.1, 0.15) is 35.5 Å². The molecule has 0 spiro atoms. The van der Waals surface area contributed by atoms with E-state index in [1.165, 1.54) is 0 Å². The lowest BCUT2D eigenvalue weighted by atomic mass is 10.1. The Bertz CT molecular complexity index is 306. The van der Waals surface area contributed by atoms with Crippen molar-refractivity contribution in [2.45, 2.75) is 33.2 Å². The molecule has 1 aromatic heterocycles. The zero-order valence-electron chi connectivity index (χ0n) is 8.96. The average molecular weight is 211 g/mol. The molecular formula is C11H17NOS. The molecule has 1 aromatic rings. The standard InChI is InChI=1S/C11H17NOS/c1-4-12-9(3)7-10(13)11-8(2)5-6-14-11/h5-6,9,12H,4,7H2,1-3H3. The Labute approximate surface area is 89.3 Å². The molecule has 1 atom stereocenters. The van der Waals surface area contributed by atoms with Gasteiger partial charge < -0.3 is 5.32 Å². The molecule has 0 bridgehead atoms. The molecule has 0 aliphatic carbocycles. The van der Waals surface area contributed by atoms with Crippen molar-refractivity contribution in [3.05, 3.63) is 21.9 Å². The van der Waals surface area contributed by atoms with E-state index < -0.39 is 0 Å². The van der Waals surface area contributed by atoms with E-state index in [-0.39, 0.29) is 11.8 Å². The molecule has 14 heavy (non-hydrogen) atoms. The summed E-state index contributed by atoms with van der Waals surface area (Å²) in [6.45, 7) is 7.00. The highest BCUT2D eigenvalue weighted by molar-refractivity contribution is 7.12. The fourth-order valence-corrected chi connectivity index (χ4v) is 2.33. The number of rotatable bonds is 5. The molecule has 0 fully saturated rings. The molecule has 0 aromatic carbocycles. The lowest BCUT2D eigenvalue weighted by molar-refractivity contribution is 0.0975. The van der Waals surface area contributed by atoms with Gasteiger partial charge >= 0.3 is 0 Å². The first-order chi connectivity index (χ1) is 6.65. The number of Topliss-reactive ketones (excluding diaryl/α,β-unsaturated/α-hetero) is 1. The highest BCUT2D eigenvalue weighted by Crippen LogP contribution is 2.18. The van der Waals surface area contributed by atoms with Crippen LogP contribution in [0.25, 0.3) is 0 Å². The Morgan fingerprint density at radius 1 is 1.64 bits per heavy atom. The van der Waals surface area contributed by atoms with Gasteiger partial charge in [-0.25, -0.2) is 0 Å². The molecule has 1 heterocycles. The van der Waals surface area contributed by atoms with Crippen molar-refractivity contribution in [3.8, 4) is 0 Å². The Hall–Kier alpha value is -0.670. The highest BCUT2D eigenvalue weighted by atomic mass is 32.1. The van der Waals surface area contributed by atoms with Crippen molar-refractivity contribution in [2.75, 3.05) is 6.54 Å². The van der Waals surface area contributed by atoms with Gasteiger partial charge in [0, 0.05) is 12.5 Å². The third-order valence-electron chi connectivity index (χ3n) is 2.16. The molecule has 1 N–H and O–H groups in total. The molecule has 2 nitrogen and oxygen atoms in total. The minimum Gasteiger partial charge on any atom is -0.314 e. The van der Waals surface area contributed by atoms with E-state index in [9.17, 15) is 4.79 Å². The highest BCUT2D eigenvalue weighted by Gasteiger charge is 2.13. The third kappa shape index (κ3) is 2.93. The minimum atomic E-state index is 0.256. The van der Waals surface area contributed by atoms with Crippen molar-refractivity contribution in [2.24, 2.45) is 0 Å². The number of hydrogen-bond acceptors (Lipinski definition) is 3. The quantitative estimate of drug-likeness (QED) is 0.759. The average Bonchev–Trinajstić information content (AvgIpc) is 2.51. The van der Waals surface area contributed by atoms with Gasteiger partial charge in [0.1, 0.15) is 0 Å². The zero-order chi connectivity index (χ0) is 10.6. The molecule has 0 saturated heterocycles. The van der Waals surface area contributed by atoms with Crippen molar-refractivity contribution < 1.29 is 4.79 Å². The number of carbonyl (C=O) groups is 1. The number of nitrogens with one attached hydrogen (secondary N) is 1. The first-order valence-electron chi connectivity index (χ1n) is 4.95. The van der Waals surface area contributed by atoms with E-state index in [2.05, 4.69) is 12.2 Å². The lowest BCUT2D eigenvalue weighted by Gasteiger charge is -2.10. The van der Waals surface area contributed by atoms with Gasteiger partial charge in [-0.1, -0.05) is 6.92 Å².